The van der Waals surface area contributed by atoms with Gasteiger partial charge in [-0.15, -0.1) is 0 Å². The number of ether oxygens (including phenoxy) is 2. The number of sulfonamides is 1. The maximum Gasteiger partial charge on any atom is 0.246 e. The van der Waals surface area contributed by atoms with Crippen molar-refractivity contribution in [3.63, 3.8) is 0 Å². The summed E-state index contributed by atoms with van der Waals surface area (Å²) in [5.41, 5.74) is 0. The number of hydrogen-bond acceptors (Lipinski definition) is 5. The van der Waals surface area contributed by atoms with Gasteiger partial charge in [0.15, 0.2) is 0 Å². The number of benzene rings is 1. The van der Waals surface area contributed by atoms with E-state index in [1.165, 1.54) is 24.6 Å². The summed E-state index contributed by atoms with van der Waals surface area (Å²) in [4.78, 5) is 0.149. The van der Waals surface area contributed by atoms with Crippen LogP contribution < -0.4 is 9.47 Å². The van der Waals surface area contributed by atoms with E-state index in [0.29, 0.717) is 25.3 Å². The zero-order valence-electron chi connectivity index (χ0n) is 12.3. The van der Waals surface area contributed by atoms with Crippen molar-refractivity contribution in [2.75, 3.05) is 33.9 Å². The first-order valence-electron chi connectivity index (χ1n) is 6.86. The molecule has 0 spiro atoms. The highest BCUT2D eigenvalue weighted by Gasteiger charge is 2.34. The molecular weight excluding hydrogens is 294 g/mol. The second kappa shape index (κ2) is 6.64. The van der Waals surface area contributed by atoms with Gasteiger partial charge in [0, 0.05) is 25.8 Å². The van der Waals surface area contributed by atoms with E-state index in [1.807, 2.05) is 0 Å². The van der Waals surface area contributed by atoms with Crippen LogP contribution in [0.25, 0.3) is 0 Å². The van der Waals surface area contributed by atoms with Crippen LogP contribution in [0.15, 0.2) is 23.1 Å². The van der Waals surface area contributed by atoms with Crippen LogP contribution in [0.2, 0.25) is 0 Å². The molecule has 21 heavy (non-hydrogen) atoms. The molecule has 118 valence electrons. The van der Waals surface area contributed by atoms with Crippen LogP contribution in [0.5, 0.6) is 11.5 Å². The van der Waals surface area contributed by atoms with Crippen LogP contribution in [0.3, 0.4) is 0 Å². The standard InChI is InChI=1S/C14H21NO5S/c1-19-12-3-4-14(13(9-12)20-2)21(17,18)15-7-5-11(10-15)6-8-16/h3-4,9,11,16H,5-8,10H2,1-2H3. The Morgan fingerprint density at radius 2 is 2.10 bits per heavy atom. The third-order valence-corrected chi connectivity index (χ3v) is 5.68. The summed E-state index contributed by atoms with van der Waals surface area (Å²) in [7, 11) is -0.633. The molecule has 0 aromatic heterocycles. The summed E-state index contributed by atoms with van der Waals surface area (Å²) in [6, 6.07) is 4.68. The molecule has 1 aliphatic rings. The number of rotatable bonds is 6. The molecule has 0 aliphatic carbocycles. The Morgan fingerprint density at radius 1 is 1.33 bits per heavy atom. The van der Waals surface area contributed by atoms with Gasteiger partial charge in [-0.3, -0.25) is 0 Å². The molecule has 6 nitrogen and oxygen atoms in total. The van der Waals surface area contributed by atoms with E-state index in [9.17, 15) is 8.42 Å². The lowest BCUT2D eigenvalue weighted by atomic mass is 10.1. The average Bonchev–Trinajstić information content (AvgIpc) is 2.96. The van der Waals surface area contributed by atoms with Gasteiger partial charge < -0.3 is 14.6 Å². The van der Waals surface area contributed by atoms with Crippen molar-refractivity contribution < 1.29 is 23.0 Å². The molecule has 0 amide bonds. The molecule has 0 saturated carbocycles. The third kappa shape index (κ3) is 3.30. The van der Waals surface area contributed by atoms with E-state index in [2.05, 4.69) is 0 Å². The molecule has 1 aromatic rings. The molecule has 1 unspecified atom stereocenters. The molecule has 1 saturated heterocycles. The monoisotopic (exact) mass is 315 g/mol. The van der Waals surface area contributed by atoms with Crippen molar-refractivity contribution >= 4 is 10.0 Å². The zero-order valence-corrected chi connectivity index (χ0v) is 13.1. The van der Waals surface area contributed by atoms with Gasteiger partial charge in [0.25, 0.3) is 0 Å². The highest BCUT2D eigenvalue weighted by molar-refractivity contribution is 7.89. The topological polar surface area (TPSA) is 76.1 Å². The minimum absolute atomic E-state index is 0.0877. The Morgan fingerprint density at radius 3 is 2.71 bits per heavy atom. The predicted octanol–water partition coefficient (Wildman–Crippen LogP) is 1.10. The minimum Gasteiger partial charge on any atom is -0.497 e. The van der Waals surface area contributed by atoms with Crippen LogP contribution in [0.1, 0.15) is 12.8 Å². The molecule has 1 heterocycles. The normalized spacial score (nSPS) is 19.7. The Hall–Kier alpha value is -1.31. The molecule has 0 radical (unpaired) electrons. The molecule has 1 atom stereocenters. The smallest absolute Gasteiger partial charge is 0.246 e. The summed E-state index contributed by atoms with van der Waals surface area (Å²) in [5, 5.41) is 8.97. The van der Waals surface area contributed by atoms with Gasteiger partial charge in [-0.25, -0.2) is 8.42 Å². The summed E-state index contributed by atoms with van der Waals surface area (Å²) < 4.78 is 37.1. The molecule has 2 rings (SSSR count). The SMILES string of the molecule is COc1ccc(S(=O)(=O)N2CCC(CCO)C2)c(OC)c1. The van der Waals surface area contributed by atoms with E-state index < -0.39 is 10.0 Å². The number of hydrogen-bond donors (Lipinski definition) is 1. The van der Waals surface area contributed by atoms with Gasteiger partial charge in [0.2, 0.25) is 10.0 Å². The summed E-state index contributed by atoms with van der Waals surface area (Å²) >= 11 is 0. The van der Waals surface area contributed by atoms with Crippen LogP contribution in [0, 0.1) is 5.92 Å². The molecule has 7 heteroatoms. The van der Waals surface area contributed by atoms with Crippen molar-refractivity contribution in [3.8, 4) is 11.5 Å². The number of aliphatic hydroxyl groups excluding tert-OH is 1. The van der Waals surface area contributed by atoms with Crippen molar-refractivity contribution in [1.82, 2.24) is 4.31 Å². The van der Waals surface area contributed by atoms with E-state index in [4.69, 9.17) is 14.6 Å². The van der Waals surface area contributed by atoms with Crippen LogP contribution in [-0.4, -0.2) is 51.7 Å². The maximum atomic E-state index is 12.7. The van der Waals surface area contributed by atoms with Crippen molar-refractivity contribution in [1.29, 1.82) is 0 Å². The lowest BCUT2D eigenvalue weighted by Gasteiger charge is -2.18. The highest BCUT2D eigenvalue weighted by atomic mass is 32.2. The van der Waals surface area contributed by atoms with Gasteiger partial charge in [0.1, 0.15) is 16.4 Å². The molecule has 1 fully saturated rings. The Balaban J connectivity index is 2.28. The van der Waals surface area contributed by atoms with E-state index in [0.717, 1.165) is 6.42 Å². The van der Waals surface area contributed by atoms with Gasteiger partial charge >= 0.3 is 0 Å². The van der Waals surface area contributed by atoms with Crippen LogP contribution in [-0.2, 0) is 10.0 Å². The summed E-state index contributed by atoms with van der Waals surface area (Å²) in [5.74, 6) is 1.04. The maximum absolute atomic E-state index is 12.7. The average molecular weight is 315 g/mol. The first-order valence-corrected chi connectivity index (χ1v) is 8.30. The van der Waals surface area contributed by atoms with E-state index in [-0.39, 0.29) is 23.2 Å². The van der Waals surface area contributed by atoms with Crippen molar-refractivity contribution in [2.24, 2.45) is 5.92 Å². The third-order valence-electron chi connectivity index (χ3n) is 3.77. The van der Waals surface area contributed by atoms with Crippen LogP contribution in [0.4, 0.5) is 0 Å². The van der Waals surface area contributed by atoms with E-state index in [1.54, 1.807) is 12.1 Å². The Bertz CT molecular complexity index is 587. The quantitative estimate of drug-likeness (QED) is 0.850. The lowest BCUT2D eigenvalue weighted by molar-refractivity contribution is 0.259. The Labute approximate surface area is 125 Å². The van der Waals surface area contributed by atoms with E-state index >= 15 is 0 Å². The van der Waals surface area contributed by atoms with Gasteiger partial charge in [-0.05, 0) is 30.9 Å². The van der Waals surface area contributed by atoms with Crippen molar-refractivity contribution in [2.45, 2.75) is 17.7 Å². The van der Waals surface area contributed by atoms with Crippen molar-refractivity contribution in [3.05, 3.63) is 18.2 Å². The molecular formula is C14H21NO5S. The Kier molecular flexibility index (Phi) is 5.08. The fourth-order valence-electron chi connectivity index (χ4n) is 2.56. The second-order valence-corrected chi connectivity index (χ2v) is 6.95. The summed E-state index contributed by atoms with van der Waals surface area (Å²) in [6.07, 6.45) is 1.41. The number of methoxy groups -OCH3 is 2. The fourth-order valence-corrected chi connectivity index (χ4v) is 4.23. The number of nitrogens with zero attached hydrogens (tertiary/aromatic N) is 1. The molecule has 1 aromatic carbocycles. The zero-order chi connectivity index (χ0) is 15.5. The van der Waals surface area contributed by atoms with Gasteiger partial charge in [-0.2, -0.15) is 4.31 Å². The molecule has 1 N–H and O–H groups in total. The van der Waals surface area contributed by atoms with Gasteiger partial charge in [0.05, 0.1) is 14.2 Å². The first-order chi connectivity index (χ1) is 10.0. The first kappa shape index (κ1) is 16.1. The molecule has 0 bridgehead atoms. The predicted molar refractivity (Wildman–Crippen MR) is 78.1 cm³/mol. The second-order valence-electron chi connectivity index (χ2n) is 5.05. The fraction of sp³-hybridized carbons (Fsp3) is 0.571. The number of aliphatic hydroxyl groups is 1. The summed E-state index contributed by atoms with van der Waals surface area (Å²) in [6.45, 7) is 1.00. The molecule has 1 aliphatic heterocycles. The largest absolute Gasteiger partial charge is 0.497 e. The van der Waals surface area contributed by atoms with Crippen LogP contribution >= 0.6 is 0 Å². The highest BCUT2D eigenvalue weighted by Crippen LogP contribution is 2.33. The minimum atomic E-state index is -3.59. The lowest BCUT2D eigenvalue weighted by Crippen LogP contribution is -2.29. The van der Waals surface area contributed by atoms with Gasteiger partial charge in [-0.1, -0.05) is 0 Å².